The Kier molecular flexibility index (Phi) is 6.62. The smallest absolute Gasteiger partial charge is 0.338 e. The first kappa shape index (κ1) is 22.3. The largest absolute Gasteiger partial charge is 0.449 e. The van der Waals surface area contributed by atoms with Gasteiger partial charge in [-0.3, -0.25) is 9.52 Å². The van der Waals surface area contributed by atoms with Crippen molar-refractivity contribution in [3.63, 3.8) is 0 Å². The molecule has 0 aliphatic rings. The normalized spacial score (nSPS) is 12.1. The van der Waals surface area contributed by atoms with Crippen LogP contribution in [0.25, 0.3) is 0 Å². The van der Waals surface area contributed by atoms with E-state index in [1.54, 1.807) is 19.1 Å². The van der Waals surface area contributed by atoms with Crippen molar-refractivity contribution in [2.24, 2.45) is 0 Å². The molecule has 0 aliphatic heterocycles. The number of nitrogens with one attached hydrogen (secondary N) is 2. The van der Waals surface area contributed by atoms with Crippen LogP contribution in [0.3, 0.4) is 0 Å². The van der Waals surface area contributed by atoms with Crippen LogP contribution < -0.4 is 10.0 Å². The number of ether oxygens (including phenoxy) is 1. The van der Waals surface area contributed by atoms with Gasteiger partial charge in [0.15, 0.2) is 11.9 Å². The number of benzene rings is 2. The van der Waals surface area contributed by atoms with Crippen LogP contribution in [-0.4, -0.2) is 31.6 Å². The van der Waals surface area contributed by atoms with Crippen LogP contribution in [0.15, 0.2) is 64.0 Å². The first-order valence-corrected chi connectivity index (χ1v) is 10.8. The average Bonchev–Trinajstić information content (AvgIpc) is 3.12. The van der Waals surface area contributed by atoms with Gasteiger partial charge in [0.2, 0.25) is 0 Å². The van der Waals surface area contributed by atoms with E-state index in [0.29, 0.717) is 10.8 Å². The summed E-state index contributed by atoms with van der Waals surface area (Å²) in [6.45, 7) is 3.04. The Hall–Kier alpha value is -3.37. The number of esters is 1. The second-order valence-corrected chi connectivity index (χ2v) is 8.62. The zero-order chi connectivity index (χ0) is 22.6. The molecule has 0 bridgehead atoms. The van der Waals surface area contributed by atoms with Crippen LogP contribution in [0, 0.1) is 6.92 Å². The van der Waals surface area contributed by atoms with E-state index in [0.717, 1.165) is 6.07 Å². The predicted octanol–water partition coefficient (Wildman–Crippen LogP) is 3.62. The monoisotopic (exact) mass is 463 g/mol. The summed E-state index contributed by atoms with van der Waals surface area (Å²) >= 11 is 5.87. The van der Waals surface area contributed by atoms with Gasteiger partial charge in [0.05, 0.1) is 16.1 Å². The molecule has 0 radical (unpaired) electrons. The molecule has 1 atom stereocenters. The van der Waals surface area contributed by atoms with Gasteiger partial charge in [-0.05, 0) is 50.2 Å². The van der Waals surface area contributed by atoms with Gasteiger partial charge in [0, 0.05) is 11.1 Å². The number of hydrogen-bond donors (Lipinski definition) is 2. The van der Waals surface area contributed by atoms with Crippen LogP contribution in [0.2, 0.25) is 5.02 Å². The SMILES string of the molecule is Cc1cc(NC(=O)C(C)OC(=O)c2cccc(S(=O)(=O)Nc3cccc(Cl)c3)c2)no1. The lowest BCUT2D eigenvalue weighted by Gasteiger charge is -2.13. The summed E-state index contributed by atoms with van der Waals surface area (Å²) in [6.07, 6.45) is -1.16. The van der Waals surface area contributed by atoms with Gasteiger partial charge in [0.1, 0.15) is 5.76 Å². The minimum atomic E-state index is -3.98. The number of nitrogens with zero attached hydrogens (tertiary/aromatic N) is 1. The third kappa shape index (κ3) is 5.83. The van der Waals surface area contributed by atoms with E-state index in [2.05, 4.69) is 15.2 Å². The van der Waals surface area contributed by atoms with Crippen molar-refractivity contribution < 1.29 is 27.3 Å². The molecule has 0 saturated carbocycles. The topological polar surface area (TPSA) is 128 Å². The minimum Gasteiger partial charge on any atom is -0.449 e. The van der Waals surface area contributed by atoms with Crippen LogP contribution >= 0.6 is 11.6 Å². The third-order valence-electron chi connectivity index (χ3n) is 3.99. The van der Waals surface area contributed by atoms with Gasteiger partial charge in [-0.25, -0.2) is 13.2 Å². The molecule has 0 fully saturated rings. The predicted molar refractivity (Wildman–Crippen MR) is 113 cm³/mol. The second kappa shape index (κ2) is 9.19. The fourth-order valence-electron chi connectivity index (χ4n) is 2.49. The van der Waals surface area contributed by atoms with Gasteiger partial charge in [-0.1, -0.05) is 28.9 Å². The fourth-order valence-corrected chi connectivity index (χ4v) is 3.78. The van der Waals surface area contributed by atoms with Crippen molar-refractivity contribution in [3.05, 3.63) is 70.9 Å². The molecule has 0 saturated heterocycles. The first-order chi connectivity index (χ1) is 14.6. The molecule has 0 aliphatic carbocycles. The number of carbonyl (C=O) groups excluding carboxylic acids is 2. The van der Waals surface area contributed by atoms with E-state index in [1.165, 1.54) is 43.3 Å². The number of halogens is 1. The highest BCUT2D eigenvalue weighted by Crippen LogP contribution is 2.20. The number of rotatable bonds is 7. The highest BCUT2D eigenvalue weighted by molar-refractivity contribution is 7.92. The number of anilines is 2. The Bertz CT molecular complexity index is 1220. The Morgan fingerprint density at radius 1 is 1.13 bits per heavy atom. The third-order valence-corrected chi connectivity index (χ3v) is 5.60. The molecule has 1 aromatic heterocycles. The fraction of sp³-hybridized carbons (Fsp3) is 0.150. The van der Waals surface area contributed by atoms with Crippen LogP contribution in [0.1, 0.15) is 23.0 Å². The summed E-state index contributed by atoms with van der Waals surface area (Å²) in [5.74, 6) is -0.790. The highest BCUT2D eigenvalue weighted by atomic mass is 35.5. The lowest BCUT2D eigenvalue weighted by atomic mass is 10.2. The zero-order valence-corrected chi connectivity index (χ0v) is 18.0. The molecular weight excluding hydrogens is 446 g/mol. The van der Waals surface area contributed by atoms with Crippen molar-refractivity contribution in [2.75, 3.05) is 10.0 Å². The maximum Gasteiger partial charge on any atom is 0.338 e. The molecule has 31 heavy (non-hydrogen) atoms. The van der Waals surface area contributed by atoms with Crippen molar-refractivity contribution in [1.82, 2.24) is 5.16 Å². The maximum atomic E-state index is 12.6. The number of hydrogen-bond acceptors (Lipinski definition) is 7. The number of amides is 1. The molecule has 9 nitrogen and oxygen atoms in total. The summed E-state index contributed by atoms with van der Waals surface area (Å²) in [4.78, 5) is 24.4. The van der Waals surface area contributed by atoms with Crippen LogP contribution in [0.5, 0.6) is 0 Å². The van der Waals surface area contributed by atoms with Crippen molar-refractivity contribution in [2.45, 2.75) is 24.8 Å². The molecular formula is C20H18ClN3O6S. The molecule has 2 aromatic carbocycles. The maximum absolute atomic E-state index is 12.6. The highest BCUT2D eigenvalue weighted by Gasteiger charge is 2.22. The number of aryl methyl sites for hydroxylation is 1. The second-order valence-electron chi connectivity index (χ2n) is 6.50. The molecule has 2 N–H and O–H groups in total. The van der Waals surface area contributed by atoms with Crippen LogP contribution in [0.4, 0.5) is 11.5 Å². The lowest BCUT2D eigenvalue weighted by Crippen LogP contribution is -2.30. The average molecular weight is 464 g/mol. The zero-order valence-electron chi connectivity index (χ0n) is 16.5. The molecule has 1 heterocycles. The van der Waals surface area contributed by atoms with Gasteiger partial charge >= 0.3 is 5.97 Å². The molecule has 3 rings (SSSR count). The summed E-state index contributed by atoms with van der Waals surface area (Å²) in [5, 5.41) is 6.44. The number of carbonyl (C=O) groups is 2. The van der Waals surface area contributed by atoms with Gasteiger partial charge in [-0.15, -0.1) is 0 Å². The van der Waals surface area contributed by atoms with E-state index in [1.807, 2.05) is 0 Å². The summed E-state index contributed by atoms with van der Waals surface area (Å²) in [6, 6.07) is 13.0. The first-order valence-electron chi connectivity index (χ1n) is 8.98. The van der Waals surface area contributed by atoms with E-state index in [4.69, 9.17) is 20.9 Å². The van der Waals surface area contributed by atoms with Gasteiger partial charge in [-0.2, -0.15) is 0 Å². The quantitative estimate of drug-likeness (QED) is 0.512. The van der Waals surface area contributed by atoms with Crippen molar-refractivity contribution in [1.29, 1.82) is 0 Å². The van der Waals surface area contributed by atoms with E-state index in [9.17, 15) is 18.0 Å². The lowest BCUT2D eigenvalue weighted by molar-refractivity contribution is -0.123. The van der Waals surface area contributed by atoms with Crippen molar-refractivity contribution >= 4 is 45.0 Å². The van der Waals surface area contributed by atoms with Gasteiger partial charge < -0.3 is 14.6 Å². The summed E-state index contributed by atoms with van der Waals surface area (Å²) in [7, 11) is -3.98. The van der Waals surface area contributed by atoms with Crippen molar-refractivity contribution in [3.8, 4) is 0 Å². The van der Waals surface area contributed by atoms with E-state index in [-0.39, 0.29) is 22.0 Å². The molecule has 11 heteroatoms. The standard InChI is InChI=1S/C20H18ClN3O6S/c1-12-9-18(23-30-12)22-19(25)13(2)29-20(26)14-5-3-8-17(10-14)31(27,28)24-16-7-4-6-15(21)11-16/h3-11,13,24H,1-2H3,(H,22,23,25). The Balaban J connectivity index is 1.69. The summed E-state index contributed by atoms with van der Waals surface area (Å²) < 4.78 is 37.6. The molecule has 1 amide bonds. The minimum absolute atomic E-state index is 0.0362. The number of aromatic nitrogens is 1. The molecule has 3 aromatic rings. The number of sulfonamides is 1. The van der Waals surface area contributed by atoms with E-state index >= 15 is 0 Å². The molecule has 0 spiro atoms. The van der Waals surface area contributed by atoms with E-state index < -0.39 is 28.0 Å². The van der Waals surface area contributed by atoms with Gasteiger partial charge in [0.25, 0.3) is 15.9 Å². The molecule has 162 valence electrons. The summed E-state index contributed by atoms with van der Waals surface area (Å²) in [5.41, 5.74) is 0.236. The molecule has 1 unspecified atom stereocenters. The van der Waals surface area contributed by atoms with Crippen LogP contribution in [-0.2, 0) is 19.6 Å². The Morgan fingerprint density at radius 2 is 1.87 bits per heavy atom. The Morgan fingerprint density at radius 3 is 2.55 bits per heavy atom. The Labute approximate surface area is 183 Å².